The first-order valence-electron chi connectivity index (χ1n) is 10.9. The number of halogens is 8. The summed E-state index contributed by atoms with van der Waals surface area (Å²) in [5.41, 5.74) is -3.30. The standard InChI is InChI=1S/C22H17Cl2F6N3O3/c1-11-4-12(2-3-16(11)19(35)31-9-18(34)32-10-21(25,26)27)17-8-20(36-33-17,22(28,29)30)13-5-14(23)7-15(24)6-13/h2-7H,8-10H2,1H3,(H,31,35)(H,32,34)/i9+1D2,18+1,31+1. The van der Waals surface area contributed by atoms with Gasteiger partial charge in [-0.25, -0.2) is 0 Å². The molecule has 6 nitrogen and oxygen atoms in total. The molecule has 194 valence electrons. The van der Waals surface area contributed by atoms with E-state index in [-0.39, 0.29) is 38.0 Å². The summed E-state index contributed by atoms with van der Waals surface area (Å²) in [6.07, 6.45) is -10.5. The smallest absolute Gasteiger partial charge is 0.374 e. The normalized spacial score (nSPS) is 19.1. The van der Waals surface area contributed by atoms with Gasteiger partial charge in [0.05, 0.1) is 15.0 Å². The van der Waals surface area contributed by atoms with Crippen molar-refractivity contribution in [3.63, 3.8) is 0 Å². The van der Waals surface area contributed by atoms with Crippen molar-refractivity contribution in [1.29, 1.82) is 0 Å². The van der Waals surface area contributed by atoms with Crippen LogP contribution in [0.2, 0.25) is 10.0 Å². The fraction of sp³-hybridized carbons (Fsp3) is 0.318. The van der Waals surface area contributed by atoms with Crippen LogP contribution in [-0.2, 0) is 15.2 Å². The van der Waals surface area contributed by atoms with Crippen molar-refractivity contribution in [2.75, 3.05) is 13.0 Å². The minimum atomic E-state index is -4.93. The third kappa shape index (κ3) is 6.22. The fourth-order valence-corrected chi connectivity index (χ4v) is 3.88. The summed E-state index contributed by atoms with van der Waals surface area (Å²) in [6.45, 7) is -3.62. The highest BCUT2D eigenvalue weighted by molar-refractivity contribution is 6.34. The number of amides is 2. The van der Waals surface area contributed by atoms with Gasteiger partial charge in [-0.1, -0.05) is 34.4 Å². The lowest BCUT2D eigenvalue weighted by Crippen LogP contribution is -2.42. The molecule has 0 saturated carbocycles. The van der Waals surface area contributed by atoms with Gasteiger partial charge in [0, 0.05) is 27.6 Å². The summed E-state index contributed by atoms with van der Waals surface area (Å²) >= 11 is 11.8. The highest BCUT2D eigenvalue weighted by Crippen LogP contribution is 2.49. The Kier molecular flexibility index (Phi) is 6.98. The molecule has 0 spiro atoms. The molecule has 0 fully saturated rings. The van der Waals surface area contributed by atoms with E-state index in [1.165, 1.54) is 30.4 Å². The van der Waals surface area contributed by atoms with Crippen molar-refractivity contribution >= 4 is 40.7 Å². The Morgan fingerprint density at radius 2 is 1.72 bits per heavy atom. The maximum absolute atomic E-state index is 14.2. The Morgan fingerprint density at radius 3 is 2.28 bits per heavy atom. The summed E-state index contributed by atoms with van der Waals surface area (Å²) in [4.78, 5) is 29.2. The Hall–Kier alpha value is -2.99. The molecule has 14 heteroatoms. The van der Waals surface area contributed by atoms with Gasteiger partial charge in [0.2, 0.25) is 5.91 Å². The summed E-state index contributed by atoms with van der Waals surface area (Å²) in [7, 11) is 0. The van der Waals surface area contributed by atoms with Crippen LogP contribution >= 0.6 is 23.2 Å². The first-order chi connectivity index (χ1) is 17.3. The van der Waals surface area contributed by atoms with E-state index in [4.69, 9.17) is 30.8 Å². The quantitative estimate of drug-likeness (QED) is 0.286. The second-order valence-electron chi connectivity index (χ2n) is 7.70. The van der Waals surface area contributed by atoms with E-state index in [2.05, 4.69) is 5.16 Å². The molecule has 0 bridgehead atoms. The molecule has 2 amide bonds. The second-order valence-corrected chi connectivity index (χ2v) is 8.57. The second kappa shape index (κ2) is 10.2. The van der Waals surface area contributed by atoms with Crippen molar-refractivity contribution in [1.82, 2.24) is 10.6 Å². The lowest BCUT2D eigenvalue weighted by molar-refractivity contribution is -0.275. The number of hydrogen-bond donors (Lipinski definition) is 2. The van der Waals surface area contributed by atoms with Crippen LogP contribution < -0.4 is 10.6 Å². The molecule has 1 atom stereocenters. The first-order valence-corrected chi connectivity index (χ1v) is 10.7. The SMILES string of the molecule is [2H][13C]([2H])([15NH]C(=O)c1ccc(C2=NOC(c3cc(Cl)cc(Cl)c3)(C(F)(F)F)C2)cc1C)[13C](=O)NCC(F)(F)F. The molecule has 1 aliphatic rings. The number of carbonyl (C=O) groups is 2. The Labute approximate surface area is 213 Å². The van der Waals surface area contributed by atoms with Crippen LogP contribution in [0.25, 0.3) is 0 Å². The summed E-state index contributed by atoms with van der Waals surface area (Å²) in [5.74, 6) is -2.87. The van der Waals surface area contributed by atoms with Gasteiger partial charge in [-0.2, -0.15) is 26.3 Å². The van der Waals surface area contributed by atoms with Gasteiger partial charge in [0.1, 0.15) is 6.54 Å². The molecular weight excluding hydrogens is 542 g/mol. The lowest BCUT2D eigenvalue weighted by Gasteiger charge is -2.29. The molecule has 0 aliphatic carbocycles. The topological polar surface area (TPSA) is 79.8 Å². The van der Waals surface area contributed by atoms with Crippen molar-refractivity contribution in [3.8, 4) is 0 Å². The molecule has 2 N–H and O–H groups in total. The van der Waals surface area contributed by atoms with Crippen LogP contribution in [0.4, 0.5) is 26.3 Å². The summed E-state index contributed by atoms with van der Waals surface area (Å²) in [6, 6.07) is 7.00. The number of benzene rings is 2. The summed E-state index contributed by atoms with van der Waals surface area (Å²) in [5, 5.41) is 6.52. The van der Waals surface area contributed by atoms with Crippen molar-refractivity contribution < 1.29 is 43.5 Å². The van der Waals surface area contributed by atoms with Crippen LogP contribution in [0.5, 0.6) is 0 Å². The van der Waals surface area contributed by atoms with Gasteiger partial charge in [0.25, 0.3) is 11.5 Å². The van der Waals surface area contributed by atoms with Crippen molar-refractivity contribution in [2.24, 2.45) is 5.16 Å². The number of nitrogens with one attached hydrogen (secondary N) is 2. The minimum absolute atomic E-state index is 0.0497. The molecule has 2 aromatic carbocycles. The molecular formula is C22H17Cl2F6N3O3. The Bertz CT molecular complexity index is 1280. The van der Waals surface area contributed by atoms with Gasteiger partial charge < -0.3 is 15.5 Å². The molecule has 0 radical (unpaired) electrons. The largest absolute Gasteiger partial charge is 0.435 e. The number of aryl methyl sites for hydroxylation is 1. The van der Waals surface area contributed by atoms with Gasteiger partial charge >= 0.3 is 12.4 Å². The van der Waals surface area contributed by atoms with Crippen molar-refractivity contribution in [2.45, 2.75) is 31.3 Å². The number of carbonyl (C=O) groups excluding carboxylic acids is 2. The Balaban J connectivity index is 1.81. The zero-order valence-corrected chi connectivity index (χ0v) is 19.6. The van der Waals surface area contributed by atoms with E-state index in [0.717, 1.165) is 18.2 Å². The van der Waals surface area contributed by atoms with E-state index < -0.39 is 49.2 Å². The van der Waals surface area contributed by atoms with Crippen LogP contribution in [-0.4, -0.2) is 42.9 Å². The van der Waals surface area contributed by atoms with E-state index >= 15 is 0 Å². The minimum Gasteiger partial charge on any atom is -0.374 e. The summed E-state index contributed by atoms with van der Waals surface area (Å²) < 4.78 is 94.5. The number of rotatable bonds is 6. The molecule has 1 heterocycles. The lowest BCUT2D eigenvalue weighted by atomic mass is 9.86. The molecule has 1 aliphatic heterocycles. The van der Waals surface area contributed by atoms with E-state index in [1.807, 2.05) is 0 Å². The van der Waals surface area contributed by atoms with E-state index in [9.17, 15) is 35.9 Å². The molecule has 1 unspecified atom stereocenters. The third-order valence-corrected chi connectivity index (χ3v) is 5.49. The van der Waals surface area contributed by atoms with Crippen molar-refractivity contribution in [3.05, 3.63) is 68.7 Å². The van der Waals surface area contributed by atoms with Gasteiger partial charge in [-0.3, -0.25) is 9.59 Å². The predicted octanol–water partition coefficient (Wildman–Crippen LogP) is 5.29. The average Bonchev–Trinajstić information content (AvgIpc) is 3.23. The van der Waals surface area contributed by atoms with E-state index in [1.54, 1.807) is 5.32 Å². The zero-order valence-electron chi connectivity index (χ0n) is 20.1. The van der Waals surface area contributed by atoms with Gasteiger partial charge in [0.15, 0.2) is 0 Å². The average molecular weight is 561 g/mol. The maximum Gasteiger partial charge on any atom is 0.435 e. The van der Waals surface area contributed by atoms with Crippen LogP contribution in [0.15, 0.2) is 41.6 Å². The highest BCUT2D eigenvalue weighted by atomic mass is 35.5. The third-order valence-electron chi connectivity index (χ3n) is 5.06. The Morgan fingerprint density at radius 1 is 1.08 bits per heavy atom. The van der Waals surface area contributed by atoms with Gasteiger partial charge in [-0.15, -0.1) is 0 Å². The monoisotopic (exact) mass is 560 g/mol. The maximum atomic E-state index is 14.2. The molecule has 2 aromatic rings. The van der Waals surface area contributed by atoms with Crippen LogP contribution in [0.3, 0.4) is 0 Å². The number of nitrogens with zero attached hydrogens (tertiary/aromatic N) is 1. The highest BCUT2D eigenvalue weighted by Gasteiger charge is 2.62. The van der Waals surface area contributed by atoms with Crippen LogP contribution in [0, 0.1) is 6.92 Å². The molecule has 0 aromatic heterocycles. The van der Waals surface area contributed by atoms with Gasteiger partial charge in [-0.05, 0) is 48.4 Å². The number of hydrogen-bond acceptors (Lipinski definition) is 4. The fourth-order valence-electron chi connectivity index (χ4n) is 3.35. The van der Waals surface area contributed by atoms with E-state index in [0.29, 0.717) is 0 Å². The van der Waals surface area contributed by atoms with Crippen LogP contribution in [0.1, 0.15) is 36.2 Å². The zero-order chi connectivity index (χ0) is 28.7. The number of oxime groups is 1. The molecule has 0 saturated heterocycles. The first kappa shape index (κ1) is 24.7. The predicted molar refractivity (Wildman–Crippen MR) is 119 cm³/mol. The molecule has 36 heavy (non-hydrogen) atoms. The number of alkyl halides is 6. The molecule has 3 rings (SSSR count).